The van der Waals surface area contributed by atoms with Crippen LogP contribution >= 0.6 is 11.6 Å². The van der Waals surface area contributed by atoms with E-state index in [-0.39, 0.29) is 12.5 Å². The summed E-state index contributed by atoms with van der Waals surface area (Å²) in [6, 6.07) is 13.1. The average molecular weight is 334 g/mol. The molecule has 0 atom stereocenters. The number of rotatable bonds is 7. The molecule has 2 rings (SSSR count). The molecule has 2 aromatic rings. The number of hydrogen-bond acceptors (Lipinski definition) is 3. The van der Waals surface area contributed by atoms with Gasteiger partial charge in [-0.1, -0.05) is 29.8 Å². The minimum Gasteiger partial charge on any atom is -0.492 e. The molecule has 0 aliphatic rings. The molecular weight excluding hydrogens is 314 g/mol. The highest BCUT2D eigenvalue weighted by Gasteiger charge is 2.05. The van der Waals surface area contributed by atoms with E-state index in [0.29, 0.717) is 23.9 Å². The first kappa shape index (κ1) is 17.2. The summed E-state index contributed by atoms with van der Waals surface area (Å²) < 4.78 is 11.0. The molecule has 0 radical (unpaired) electrons. The SMILES string of the molecule is Cc1cc(C)cc(OCCNC(=O)COc2ccccc2Cl)c1. The van der Waals surface area contributed by atoms with Gasteiger partial charge in [0, 0.05) is 0 Å². The van der Waals surface area contributed by atoms with Crippen molar-refractivity contribution in [3.63, 3.8) is 0 Å². The molecule has 0 unspecified atom stereocenters. The summed E-state index contributed by atoms with van der Waals surface area (Å²) in [6.07, 6.45) is 0. The number of para-hydroxylation sites is 1. The molecule has 23 heavy (non-hydrogen) atoms. The smallest absolute Gasteiger partial charge is 0.258 e. The quantitative estimate of drug-likeness (QED) is 0.788. The minimum absolute atomic E-state index is 0.0761. The van der Waals surface area contributed by atoms with Crippen molar-refractivity contribution in [2.45, 2.75) is 13.8 Å². The van der Waals surface area contributed by atoms with Gasteiger partial charge in [0.15, 0.2) is 6.61 Å². The number of aryl methyl sites for hydroxylation is 2. The first-order chi connectivity index (χ1) is 11.0. The molecule has 0 spiro atoms. The van der Waals surface area contributed by atoms with Gasteiger partial charge >= 0.3 is 0 Å². The molecule has 0 aliphatic heterocycles. The summed E-state index contributed by atoms with van der Waals surface area (Å²) in [5, 5.41) is 3.22. The molecule has 5 heteroatoms. The Hall–Kier alpha value is -2.20. The van der Waals surface area contributed by atoms with Gasteiger partial charge in [0.05, 0.1) is 11.6 Å². The number of carbonyl (C=O) groups excluding carboxylic acids is 1. The third-order valence-corrected chi connectivity index (χ3v) is 3.40. The van der Waals surface area contributed by atoms with E-state index >= 15 is 0 Å². The summed E-state index contributed by atoms with van der Waals surface area (Å²) >= 11 is 5.95. The van der Waals surface area contributed by atoms with Crippen molar-refractivity contribution >= 4 is 17.5 Å². The Balaban J connectivity index is 1.68. The van der Waals surface area contributed by atoms with Gasteiger partial charge in [0.25, 0.3) is 5.91 Å². The Morgan fingerprint density at radius 2 is 1.78 bits per heavy atom. The minimum atomic E-state index is -0.214. The lowest BCUT2D eigenvalue weighted by atomic mass is 10.1. The number of benzene rings is 2. The van der Waals surface area contributed by atoms with Crippen molar-refractivity contribution in [2.24, 2.45) is 0 Å². The Bertz CT molecular complexity index is 653. The molecule has 1 N–H and O–H groups in total. The summed E-state index contributed by atoms with van der Waals surface area (Å²) in [4.78, 5) is 11.7. The number of amides is 1. The number of carbonyl (C=O) groups is 1. The Morgan fingerprint density at radius 3 is 2.48 bits per heavy atom. The molecule has 0 saturated carbocycles. The first-order valence-electron chi connectivity index (χ1n) is 7.40. The zero-order valence-electron chi connectivity index (χ0n) is 13.3. The van der Waals surface area contributed by atoms with Crippen LogP contribution in [0.25, 0.3) is 0 Å². The number of hydrogen-bond donors (Lipinski definition) is 1. The molecule has 122 valence electrons. The normalized spacial score (nSPS) is 10.2. The molecular formula is C18H20ClNO3. The van der Waals surface area contributed by atoms with Crippen LogP contribution < -0.4 is 14.8 Å². The molecule has 0 fully saturated rings. The number of ether oxygens (including phenoxy) is 2. The van der Waals surface area contributed by atoms with Gasteiger partial charge in [0.2, 0.25) is 0 Å². The Labute approximate surface area is 141 Å². The van der Waals surface area contributed by atoms with E-state index < -0.39 is 0 Å². The van der Waals surface area contributed by atoms with Gasteiger partial charge in [-0.05, 0) is 49.2 Å². The van der Waals surface area contributed by atoms with Crippen molar-refractivity contribution in [3.05, 3.63) is 58.6 Å². The van der Waals surface area contributed by atoms with Crippen molar-refractivity contribution in [2.75, 3.05) is 19.8 Å². The van der Waals surface area contributed by atoms with Crippen molar-refractivity contribution in [1.29, 1.82) is 0 Å². The predicted octanol–water partition coefficient (Wildman–Crippen LogP) is 3.53. The Kier molecular flexibility index (Phi) is 6.29. The van der Waals surface area contributed by atoms with E-state index in [2.05, 4.69) is 11.4 Å². The van der Waals surface area contributed by atoms with Crippen LogP contribution in [0.15, 0.2) is 42.5 Å². The van der Waals surface area contributed by atoms with E-state index in [0.717, 1.165) is 16.9 Å². The predicted molar refractivity (Wildman–Crippen MR) is 91.4 cm³/mol. The van der Waals surface area contributed by atoms with E-state index in [4.69, 9.17) is 21.1 Å². The molecule has 0 heterocycles. The van der Waals surface area contributed by atoms with Crippen LogP contribution in [0.4, 0.5) is 0 Å². The van der Waals surface area contributed by atoms with E-state index in [9.17, 15) is 4.79 Å². The molecule has 0 aliphatic carbocycles. The monoisotopic (exact) mass is 333 g/mol. The standard InChI is InChI=1S/C18H20ClNO3/c1-13-9-14(2)11-15(10-13)22-8-7-20-18(21)12-23-17-6-4-3-5-16(17)19/h3-6,9-11H,7-8,12H2,1-2H3,(H,20,21). The number of halogens is 1. The summed E-state index contributed by atoms with van der Waals surface area (Å²) in [5.41, 5.74) is 2.30. The average Bonchev–Trinajstić information content (AvgIpc) is 2.50. The van der Waals surface area contributed by atoms with Gasteiger partial charge < -0.3 is 14.8 Å². The van der Waals surface area contributed by atoms with Crippen LogP contribution in [0.5, 0.6) is 11.5 Å². The van der Waals surface area contributed by atoms with Crippen LogP contribution in [0.1, 0.15) is 11.1 Å². The highest BCUT2D eigenvalue weighted by Crippen LogP contribution is 2.22. The number of nitrogens with one attached hydrogen (secondary N) is 1. The summed E-state index contributed by atoms with van der Waals surface area (Å²) in [7, 11) is 0. The molecule has 1 amide bonds. The van der Waals surface area contributed by atoms with Gasteiger partial charge in [0.1, 0.15) is 18.1 Å². The van der Waals surface area contributed by atoms with Gasteiger partial charge in [-0.2, -0.15) is 0 Å². The zero-order chi connectivity index (χ0) is 16.7. The lowest BCUT2D eigenvalue weighted by Gasteiger charge is -2.10. The highest BCUT2D eigenvalue weighted by atomic mass is 35.5. The topological polar surface area (TPSA) is 47.6 Å². The van der Waals surface area contributed by atoms with Crippen LogP contribution in [0.3, 0.4) is 0 Å². The maximum absolute atomic E-state index is 11.7. The van der Waals surface area contributed by atoms with E-state index in [1.165, 1.54) is 0 Å². The molecule has 0 aromatic heterocycles. The van der Waals surface area contributed by atoms with Crippen molar-refractivity contribution in [1.82, 2.24) is 5.32 Å². The summed E-state index contributed by atoms with van der Waals surface area (Å²) in [6.45, 7) is 4.78. The van der Waals surface area contributed by atoms with Crippen LogP contribution in [-0.2, 0) is 4.79 Å². The van der Waals surface area contributed by atoms with Crippen molar-refractivity contribution < 1.29 is 14.3 Å². The molecule has 0 saturated heterocycles. The van der Waals surface area contributed by atoms with Crippen LogP contribution in [-0.4, -0.2) is 25.7 Å². The third-order valence-electron chi connectivity index (χ3n) is 3.08. The van der Waals surface area contributed by atoms with Gasteiger partial charge in [-0.15, -0.1) is 0 Å². The van der Waals surface area contributed by atoms with Crippen LogP contribution in [0, 0.1) is 13.8 Å². The fourth-order valence-electron chi connectivity index (χ4n) is 2.13. The largest absolute Gasteiger partial charge is 0.492 e. The fourth-order valence-corrected chi connectivity index (χ4v) is 2.32. The first-order valence-corrected chi connectivity index (χ1v) is 7.77. The zero-order valence-corrected chi connectivity index (χ0v) is 14.0. The maximum atomic E-state index is 11.7. The summed E-state index contributed by atoms with van der Waals surface area (Å²) in [5.74, 6) is 1.09. The fraction of sp³-hybridized carbons (Fsp3) is 0.278. The van der Waals surface area contributed by atoms with Crippen molar-refractivity contribution in [3.8, 4) is 11.5 Å². The van der Waals surface area contributed by atoms with E-state index in [1.54, 1.807) is 24.3 Å². The third kappa shape index (κ3) is 5.83. The maximum Gasteiger partial charge on any atom is 0.258 e. The second-order valence-electron chi connectivity index (χ2n) is 5.24. The molecule has 2 aromatic carbocycles. The van der Waals surface area contributed by atoms with Gasteiger partial charge in [-0.3, -0.25) is 4.79 Å². The Morgan fingerprint density at radius 1 is 1.09 bits per heavy atom. The lowest BCUT2D eigenvalue weighted by Crippen LogP contribution is -2.32. The lowest BCUT2D eigenvalue weighted by molar-refractivity contribution is -0.123. The second-order valence-corrected chi connectivity index (χ2v) is 5.65. The molecule has 4 nitrogen and oxygen atoms in total. The highest BCUT2D eigenvalue weighted by molar-refractivity contribution is 6.32. The molecule has 0 bridgehead atoms. The van der Waals surface area contributed by atoms with E-state index in [1.807, 2.05) is 26.0 Å². The van der Waals surface area contributed by atoms with Gasteiger partial charge in [-0.25, -0.2) is 0 Å². The second kappa shape index (κ2) is 8.44. The van der Waals surface area contributed by atoms with Crippen LogP contribution in [0.2, 0.25) is 5.02 Å².